The summed E-state index contributed by atoms with van der Waals surface area (Å²) in [5.41, 5.74) is 29.0. The molecule has 2 nitrogen and oxygen atoms in total. The summed E-state index contributed by atoms with van der Waals surface area (Å²) in [5.74, 6) is 15.4. The molecule has 0 aliphatic heterocycles. The minimum absolute atomic E-state index is 0.0957. The number of benzene rings is 10. The van der Waals surface area contributed by atoms with Crippen LogP contribution >= 0.6 is 0 Å². The van der Waals surface area contributed by atoms with Crippen LogP contribution in [-0.2, 0) is 16.2 Å². The van der Waals surface area contributed by atoms with Crippen LogP contribution in [0.5, 0.6) is 0 Å². The maximum absolute atomic E-state index is 3.85. The summed E-state index contributed by atoms with van der Waals surface area (Å²) in [5, 5.41) is 5.23. The Hall–Kier alpha value is -9.08. The number of para-hydroxylation sites is 4. The molecule has 2 heterocycles. The molecule has 0 fully saturated rings. The van der Waals surface area contributed by atoms with Crippen molar-refractivity contribution in [3.63, 3.8) is 0 Å². The molecule has 0 saturated heterocycles. The molecule has 510 valence electrons. The quantitative estimate of drug-likeness (QED) is 0.0342. The lowest BCUT2D eigenvalue weighted by Crippen LogP contribution is -2.26. The van der Waals surface area contributed by atoms with Crippen LogP contribution in [0.3, 0.4) is 0 Å². The molecule has 3 aliphatic rings. The van der Waals surface area contributed by atoms with E-state index in [1.54, 1.807) is 0 Å². The highest BCUT2D eigenvalue weighted by Gasteiger charge is 2.46. The van der Waals surface area contributed by atoms with Crippen molar-refractivity contribution >= 4 is 43.6 Å². The Bertz CT molecular complexity index is 4690. The largest absolute Gasteiger partial charge is 0.309 e. The fraction of sp³-hybridized carbons (Fsp3) is 0.354. The van der Waals surface area contributed by atoms with Crippen LogP contribution in [0.1, 0.15) is 264 Å². The normalized spacial score (nSPS) is 14.0. The van der Waals surface area contributed by atoms with E-state index in [4.69, 9.17) is 0 Å². The predicted molar refractivity (Wildman–Crippen MR) is 433 cm³/mol. The van der Waals surface area contributed by atoms with Crippen molar-refractivity contribution < 1.29 is 0 Å². The van der Waals surface area contributed by atoms with Crippen molar-refractivity contribution in [3.8, 4) is 68.4 Å². The summed E-state index contributed by atoms with van der Waals surface area (Å²) in [4.78, 5) is 0. The molecule has 2 aromatic heterocycles. The van der Waals surface area contributed by atoms with Gasteiger partial charge in [-0.25, -0.2) is 0 Å². The fourth-order valence-corrected chi connectivity index (χ4v) is 19.1. The van der Waals surface area contributed by atoms with Crippen LogP contribution in [0.4, 0.5) is 0 Å². The zero-order valence-electron chi connectivity index (χ0n) is 61.4. The van der Waals surface area contributed by atoms with Gasteiger partial charge in [0.1, 0.15) is 0 Å². The molecule has 0 amide bonds. The van der Waals surface area contributed by atoms with Gasteiger partial charge in [0.2, 0.25) is 0 Å². The average molecular weight is 1320 g/mol. The van der Waals surface area contributed by atoms with Crippen LogP contribution in [-0.4, -0.2) is 9.13 Å². The first kappa shape index (κ1) is 67.7. The maximum atomic E-state index is 3.85. The first-order valence-electron chi connectivity index (χ1n) is 39.7. The molecule has 0 unspecified atom stereocenters. The number of unbranched alkanes of at least 4 members (excludes halogenated alkanes) is 14. The second-order valence-electron chi connectivity index (χ2n) is 30.4. The molecular weight excluding hydrogens is 1220 g/mol. The Balaban J connectivity index is 0.776. The van der Waals surface area contributed by atoms with Gasteiger partial charge >= 0.3 is 0 Å². The Morgan fingerprint density at radius 3 is 0.713 bits per heavy atom. The van der Waals surface area contributed by atoms with Gasteiger partial charge in [0.05, 0.1) is 22.1 Å². The van der Waals surface area contributed by atoms with E-state index < -0.39 is 0 Å². The zero-order valence-corrected chi connectivity index (χ0v) is 61.4. The van der Waals surface area contributed by atoms with E-state index in [9.17, 15) is 0 Å². The van der Waals surface area contributed by atoms with E-state index in [0.29, 0.717) is 0 Å². The van der Waals surface area contributed by atoms with Crippen LogP contribution in [0.25, 0.3) is 88.4 Å². The number of hydrogen-bond acceptors (Lipinski definition) is 0. The van der Waals surface area contributed by atoms with Crippen molar-refractivity contribution in [1.82, 2.24) is 9.13 Å². The lowest BCUT2D eigenvalue weighted by atomic mass is 9.70. The van der Waals surface area contributed by atoms with E-state index in [1.807, 2.05) is 0 Å². The van der Waals surface area contributed by atoms with Gasteiger partial charge in [0.25, 0.3) is 0 Å². The summed E-state index contributed by atoms with van der Waals surface area (Å²) in [6.07, 6.45) is 31.4. The third kappa shape index (κ3) is 12.4. The molecule has 12 aromatic rings. The summed E-state index contributed by atoms with van der Waals surface area (Å²) < 4.78 is 5.05. The lowest BCUT2D eigenvalue weighted by molar-refractivity contribution is 0.401. The molecule has 0 atom stereocenters. The first-order valence-corrected chi connectivity index (χ1v) is 39.7. The van der Waals surface area contributed by atoms with Crippen LogP contribution < -0.4 is 0 Å². The monoisotopic (exact) mass is 1320 g/mol. The summed E-state index contributed by atoms with van der Waals surface area (Å²) in [6.45, 7) is 14.1. The fourth-order valence-electron chi connectivity index (χ4n) is 19.1. The number of nitrogens with zero attached hydrogens (tertiary/aromatic N) is 2. The molecule has 0 saturated carbocycles. The second kappa shape index (κ2) is 29.9. The van der Waals surface area contributed by atoms with E-state index in [1.165, 1.54) is 237 Å². The van der Waals surface area contributed by atoms with Gasteiger partial charge in [0, 0.05) is 71.4 Å². The van der Waals surface area contributed by atoms with Crippen LogP contribution in [0.15, 0.2) is 206 Å². The molecule has 2 heteroatoms. The highest BCUT2D eigenvalue weighted by atomic mass is 15.0. The highest BCUT2D eigenvalue weighted by molar-refractivity contribution is 6.10. The predicted octanol–water partition coefficient (Wildman–Crippen LogP) is 27.7. The van der Waals surface area contributed by atoms with Crippen molar-refractivity contribution in [1.29, 1.82) is 0 Å². The standard InChI is InChI=1S/C99H104N2/c1-7-13-19-31-61-98(62-32-20-14-8-2)89-67-73(49-55-79(89)81-57-51-75(69-91(81)98)100-93-39-27-23-35-83(93)84-36-24-28-40-94(84)100)45-43-71-47-53-77-78-54-48-72(66-88(78)97(59-17-11-5,60-18-12-6)87(77)65-71)44-46-74-50-56-80-82-58-52-76(101-95-41-29-25-37-85(95)86-38-26-30-42-96(86)101)70-92(82)99(90(80)68-74,63-33-21-15-9-3)64-34-22-16-10-4/h23-30,35-42,47-58,65-70H,7-22,31-34,59-64H2,1-6H3. The van der Waals surface area contributed by atoms with E-state index >= 15 is 0 Å². The third-order valence-electron chi connectivity index (χ3n) is 24.2. The zero-order chi connectivity index (χ0) is 68.9. The van der Waals surface area contributed by atoms with Crippen molar-refractivity contribution in [2.75, 3.05) is 0 Å². The van der Waals surface area contributed by atoms with Crippen LogP contribution in [0.2, 0.25) is 0 Å². The molecule has 15 rings (SSSR count). The first-order chi connectivity index (χ1) is 49.8. The van der Waals surface area contributed by atoms with Gasteiger partial charge in [-0.2, -0.15) is 0 Å². The minimum Gasteiger partial charge on any atom is -0.309 e. The average Bonchev–Trinajstić information content (AvgIpc) is 1.56. The van der Waals surface area contributed by atoms with Gasteiger partial charge in [0.15, 0.2) is 0 Å². The van der Waals surface area contributed by atoms with Gasteiger partial charge in [-0.05, 0) is 202 Å². The van der Waals surface area contributed by atoms with Gasteiger partial charge in [-0.3, -0.25) is 0 Å². The minimum atomic E-state index is -0.120. The maximum Gasteiger partial charge on any atom is 0.0541 e. The lowest BCUT2D eigenvalue weighted by Gasteiger charge is -2.33. The van der Waals surface area contributed by atoms with Crippen molar-refractivity contribution in [3.05, 3.63) is 262 Å². The SMILES string of the molecule is CCCCCCC1(CCCCCC)c2cc(C#Cc3ccc4c(c3)C(CCCC)(CCCC)c3cc(C#Cc5ccc6c(c5)C(CCCCCC)(CCCCCC)c5cc(-n7c8ccccc8c8ccccc87)ccc5-6)ccc3-4)ccc2-c2ccc(-n3c4ccccc4c4ccccc43)cc21. The molecule has 10 aromatic carbocycles. The molecular formula is C99H104N2. The smallest absolute Gasteiger partial charge is 0.0541 e. The Kier molecular flexibility index (Phi) is 20.0. The summed E-state index contributed by atoms with van der Waals surface area (Å²) >= 11 is 0. The van der Waals surface area contributed by atoms with Crippen molar-refractivity contribution in [2.45, 2.75) is 225 Å². The molecule has 0 bridgehead atoms. The molecule has 0 spiro atoms. The van der Waals surface area contributed by atoms with E-state index in [2.05, 4.69) is 281 Å². The number of hydrogen-bond donors (Lipinski definition) is 0. The molecule has 101 heavy (non-hydrogen) atoms. The summed E-state index contributed by atoms with van der Waals surface area (Å²) in [7, 11) is 0. The topological polar surface area (TPSA) is 9.86 Å². The Labute approximate surface area is 604 Å². The number of rotatable bonds is 28. The van der Waals surface area contributed by atoms with Crippen LogP contribution in [0, 0.1) is 23.7 Å². The molecule has 3 aliphatic carbocycles. The highest BCUT2D eigenvalue weighted by Crippen LogP contribution is 2.59. The molecule has 0 radical (unpaired) electrons. The van der Waals surface area contributed by atoms with E-state index in [-0.39, 0.29) is 16.2 Å². The van der Waals surface area contributed by atoms with Gasteiger partial charge in [-0.1, -0.05) is 303 Å². The second-order valence-corrected chi connectivity index (χ2v) is 30.4. The third-order valence-corrected chi connectivity index (χ3v) is 24.2. The van der Waals surface area contributed by atoms with Gasteiger partial charge < -0.3 is 9.13 Å². The number of fused-ring (bicyclic) bond motifs is 15. The van der Waals surface area contributed by atoms with Gasteiger partial charge in [-0.15, -0.1) is 0 Å². The summed E-state index contributed by atoms with van der Waals surface area (Å²) in [6, 6.07) is 79.9. The Morgan fingerprint density at radius 1 is 0.228 bits per heavy atom. The van der Waals surface area contributed by atoms with E-state index in [0.717, 1.165) is 73.6 Å². The number of aromatic nitrogens is 2. The Morgan fingerprint density at radius 2 is 0.455 bits per heavy atom. The van der Waals surface area contributed by atoms with Crippen molar-refractivity contribution in [2.24, 2.45) is 0 Å². The molecule has 0 N–H and O–H groups in total.